The Morgan fingerprint density at radius 1 is 0.517 bits per heavy atom. The van der Waals surface area contributed by atoms with E-state index in [1.807, 2.05) is 0 Å². The summed E-state index contributed by atoms with van der Waals surface area (Å²) >= 11 is 0. The molecule has 8 heteroatoms. The average Bonchev–Trinajstić information content (AvgIpc) is 3.18. The molecule has 0 aromatic rings. The third-order valence-electron chi connectivity index (χ3n) is 10.5. The minimum Gasteiger partial charge on any atom is -0.544 e. The lowest BCUT2D eigenvalue weighted by atomic mass is 10.0. The molecule has 0 radical (unpaired) electrons. The van der Waals surface area contributed by atoms with Crippen LogP contribution in [0.4, 0.5) is 0 Å². The fourth-order valence-electron chi connectivity index (χ4n) is 6.77. The maximum absolute atomic E-state index is 12.7. The van der Waals surface area contributed by atoms with Gasteiger partial charge in [0, 0.05) is 19.3 Å². The Hall–Kier alpha value is -2.71. The number of carbonyl (C=O) groups is 3. The van der Waals surface area contributed by atoms with E-state index in [1.54, 1.807) is 21.1 Å². The lowest BCUT2D eigenvalue weighted by Crippen LogP contribution is -2.55. The van der Waals surface area contributed by atoms with Gasteiger partial charge in [0.05, 0.1) is 40.3 Å². The second-order valence-electron chi connectivity index (χ2n) is 17.0. The zero-order valence-corrected chi connectivity index (χ0v) is 38.2. The molecule has 0 amide bonds. The first-order chi connectivity index (χ1) is 28.1. The highest BCUT2D eigenvalue weighted by atomic mass is 16.6. The number of allylic oxidation sites excluding steroid dienone is 8. The molecule has 0 rings (SSSR count). The van der Waals surface area contributed by atoms with Crippen LogP contribution in [0.2, 0.25) is 0 Å². The first kappa shape index (κ1) is 55.3. The number of carboxylic acid groups (broad SMARTS) is 1. The fraction of sp³-hybridized carbons (Fsp3) is 0.780. The van der Waals surface area contributed by atoms with E-state index in [4.69, 9.17) is 14.2 Å². The van der Waals surface area contributed by atoms with Gasteiger partial charge >= 0.3 is 11.9 Å². The molecule has 0 aliphatic heterocycles. The molecule has 0 aliphatic carbocycles. The second-order valence-corrected chi connectivity index (χ2v) is 17.0. The van der Waals surface area contributed by atoms with E-state index in [0.29, 0.717) is 12.8 Å². The smallest absolute Gasteiger partial charge is 0.306 e. The van der Waals surface area contributed by atoms with Crippen molar-refractivity contribution in [2.45, 2.75) is 212 Å². The molecule has 0 aromatic heterocycles. The number of rotatable bonds is 42. The third kappa shape index (κ3) is 38.8. The number of aliphatic carboxylic acids is 1. The van der Waals surface area contributed by atoms with E-state index in [0.717, 1.165) is 44.9 Å². The van der Waals surface area contributed by atoms with E-state index >= 15 is 0 Å². The van der Waals surface area contributed by atoms with Crippen LogP contribution in [0, 0.1) is 0 Å². The zero-order valence-electron chi connectivity index (χ0n) is 38.2. The van der Waals surface area contributed by atoms with Crippen molar-refractivity contribution in [3.63, 3.8) is 0 Å². The number of hydrogen-bond donors (Lipinski definition) is 0. The zero-order chi connectivity index (χ0) is 42.8. The van der Waals surface area contributed by atoms with Crippen LogP contribution in [0.15, 0.2) is 48.6 Å². The first-order valence-electron chi connectivity index (χ1n) is 23.7. The summed E-state index contributed by atoms with van der Waals surface area (Å²) < 4.78 is 17.1. The molecule has 0 aromatic carbocycles. The number of ether oxygens (including phenoxy) is 3. The molecule has 0 spiro atoms. The lowest BCUT2D eigenvalue weighted by Gasteiger charge is -2.34. The number of likely N-dealkylation sites (N-methyl/N-ethyl adjacent to an activating group) is 1. The van der Waals surface area contributed by atoms with Gasteiger partial charge in [0.25, 0.3) is 0 Å². The van der Waals surface area contributed by atoms with Crippen LogP contribution in [0.25, 0.3) is 0 Å². The van der Waals surface area contributed by atoms with Gasteiger partial charge in [-0.3, -0.25) is 9.59 Å². The van der Waals surface area contributed by atoms with E-state index in [1.165, 1.54) is 116 Å². The van der Waals surface area contributed by atoms with Crippen molar-refractivity contribution in [2.24, 2.45) is 0 Å². The monoisotopic (exact) mass is 816 g/mol. The quantitative estimate of drug-likeness (QED) is 0.0262. The Labute approximate surface area is 356 Å². The number of nitrogens with zero attached hydrogens (tertiary/aromatic N) is 1. The van der Waals surface area contributed by atoms with Gasteiger partial charge in [-0.15, -0.1) is 0 Å². The van der Waals surface area contributed by atoms with Gasteiger partial charge in [0.15, 0.2) is 6.10 Å². The van der Waals surface area contributed by atoms with Crippen molar-refractivity contribution in [3.8, 4) is 0 Å². The minimum atomic E-state index is -1.13. The van der Waals surface area contributed by atoms with Crippen LogP contribution in [-0.4, -0.2) is 75.5 Å². The Morgan fingerprint density at radius 2 is 0.931 bits per heavy atom. The van der Waals surface area contributed by atoms with Crippen molar-refractivity contribution < 1.29 is 38.2 Å². The summed E-state index contributed by atoms with van der Waals surface area (Å²) in [6, 6.07) is -0.733. The molecule has 0 bridgehead atoms. The molecule has 336 valence electrons. The fourth-order valence-corrected chi connectivity index (χ4v) is 6.77. The molecule has 0 heterocycles. The van der Waals surface area contributed by atoms with Gasteiger partial charge in [-0.2, -0.15) is 0 Å². The standard InChI is InChI=1S/C50H89NO7/c1-6-8-10-12-14-16-18-20-22-24-26-28-30-32-34-36-38-40-48(52)57-45-46(44-56-43-42-47(50(54)55)51(3,4)5)58-49(53)41-39-37-35-33-31-29-27-25-23-21-19-17-15-13-11-9-7-2/h14,16,20,22,26,28,32,34,46-47H,6-13,15,17-19,21,23-25,27,29-31,33,35-45H2,1-5H3/b16-14+,22-20+,28-26+,34-32+. The molecule has 58 heavy (non-hydrogen) atoms. The molecule has 0 saturated heterocycles. The van der Waals surface area contributed by atoms with E-state index in [2.05, 4.69) is 62.5 Å². The third-order valence-corrected chi connectivity index (χ3v) is 10.5. The van der Waals surface area contributed by atoms with Gasteiger partial charge in [-0.05, 0) is 51.4 Å². The van der Waals surface area contributed by atoms with Crippen molar-refractivity contribution in [1.82, 2.24) is 0 Å². The van der Waals surface area contributed by atoms with Crippen LogP contribution in [0.1, 0.15) is 200 Å². The lowest BCUT2D eigenvalue weighted by molar-refractivity contribution is -0.889. The molecular weight excluding hydrogens is 727 g/mol. The van der Waals surface area contributed by atoms with E-state index < -0.39 is 18.1 Å². The normalized spacial score (nSPS) is 13.3. The van der Waals surface area contributed by atoms with Crippen LogP contribution in [-0.2, 0) is 28.6 Å². The van der Waals surface area contributed by atoms with Crippen molar-refractivity contribution in [2.75, 3.05) is 41.0 Å². The summed E-state index contributed by atoms with van der Waals surface area (Å²) in [6.45, 7) is 4.59. The maximum Gasteiger partial charge on any atom is 0.306 e. The summed E-state index contributed by atoms with van der Waals surface area (Å²) in [5.41, 5.74) is 0. The molecule has 0 saturated carbocycles. The summed E-state index contributed by atoms with van der Waals surface area (Å²) in [7, 11) is 5.40. The summed E-state index contributed by atoms with van der Waals surface area (Å²) in [5.74, 6) is -1.80. The van der Waals surface area contributed by atoms with Gasteiger partial charge in [-0.25, -0.2) is 0 Å². The summed E-state index contributed by atoms with van der Waals surface area (Å²) in [6.07, 6.45) is 48.5. The Balaban J connectivity index is 4.38. The average molecular weight is 816 g/mol. The SMILES string of the molecule is CCCCC/C=C/C/C=C/C/C=C/C/C=C/CCCC(=O)OCC(COCCC(C(=O)[O-])[N+](C)(C)C)OC(=O)CCCCCCCCCCCCCCCCCCC. The molecule has 8 nitrogen and oxygen atoms in total. The maximum atomic E-state index is 12.7. The van der Waals surface area contributed by atoms with Gasteiger partial charge in [0.2, 0.25) is 0 Å². The number of hydrogen-bond acceptors (Lipinski definition) is 7. The topological polar surface area (TPSA) is 102 Å². The molecular formula is C50H89NO7. The highest BCUT2D eigenvalue weighted by Crippen LogP contribution is 2.15. The molecule has 2 unspecified atom stereocenters. The number of carboxylic acids is 1. The summed E-state index contributed by atoms with van der Waals surface area (Å²) in [4.78, 5) is 36.9. The molecule has 0 fully saturated rings. The molecule has 0 aliphatic rings. The Morgan fingerprint density at radius 3 is 1.40 bits per heavy atom. The van der Waals surface area contributed by atoms with E-state index in [9.17, 15) is 19.5 Å². The number of esters is 2. The van der Waals surface area contributed by atoms with Crippen molar-refractivity contribution in [3.05, 3.63) is 48.6 Å². The highest BCUT2D eigenvalue weighted by molar-refractivity contribution is 5.70. The van der Waals surface area contributed by atoms with Crippen LogP contribution < -0.4 is 5.11 Å². The number of unbranched alkanes of at least 4 members (excludes halogenated alkanes) is 20. The van der Waals surface area contributed by atoms with Crippen LogP contribution in [0.5, 0.6) is 0 Å². The summed E-state index contributed by atoms with van der Waals surface area (Å²) in [5, 5.41) is 11.6. The minimum absolute atomic E-state index is 0.0250. The Bertz CT molecular complexity index is 1090. The highest BCUT2D eigenvalue weighted by Gasteiger charge is 2.25. The predicted molar refractivity (Wildman–Crippen MR) is 240 cm³/mol. The first-order valence-corrected chi connectivity index (χ1v) is 23.7. The Kier molecular flexibility index (Phi) is 39.1. The van der Waals surface area contributed by atoms with E-state index in [-0.39, 0.29) is 49.1 Å². The van der Waals surface area contributed by atoms with Gasteiger partial charge in [-0.1, -0.05) is 178 Å². The number of carbonyl (C=O) groups excluding carboxylic acids is 3. The second kappa shape index (κ2) is 41.0. The largest absolute Gasteiger partial charge is 0.544 e. The van der Waals surface area contributed by atoms with Crippen LogP contribution in [0.3, 0.4) is 0 Å². The van der Waals surface area contributed by atoms with Gasteiger partial charge < -0.3 is 28.6 Å². The predicted octanol–water partition coefficient (Wildman–Crippen LogP) is 11.9. The number of quaternary nitrogens is 1. The van der Waals surface area contributed by atoms with Gasteiger partial charge in [0.1, 0.15) is 12.6 Å². The molecule has 0 N–H and O–H groups in total. The molecule has 2 atom stereocenters. The van der Waals surface area contributed by atoms with Crippen molar-refractivity contribution >= 4 is 17.9 Å². The van der Waals surface area contributed by atoms with Crippen molar-refractivity contribution in [1.29, 1.82) is 0 Å². The van der Waals surface area contributed by atoms with Crippen LogP contribution >= 0.6 is 0 Å².